The number of aromatic nitrogens is 1. The predicted octanol–water partition coefficient (Wildman–Crippen LogP) is 3.30. The maximum Gasteiger partial charge on any atom is 0.180 e. The summed E-state index contributed by atoms with van der Waals surface area (Å²) in [5.74, 6) is 1.46. The number of rotatable bonds is 4. The average Bonchev–Trinajstić information content (AvgIpc) is 3.05. The zero-order valence-corrected chi connectivity index (χ0v) is 15.6. The second-order valence-electron chi connectivity index (χ2n) is 8.00. The van der Waals surface area contributed by atoms with E-state index in [1.165, 1.54) is 44.7 Å². The molecule has 0 atom stereocenters. The van der Waals surface area contributed by atoms with E-state index in [0.717, 1.165) is 43.3 Å². The lowest BCUT2D eigenvalue weighted by atomic mass is 9.84. The Labute approximate surface area is 154 Å². The number of nitrogens with two attached hydrogens (primary N) is 1. The molecule has 0 spiro atoms. The largest absolute Gasteiger partial charge is 0.354 e. The summed E-state index contributed by atoms with van der Waals surface area (Å²) in [5, 5.41) is 5.12. The van der Waals surface area contributed by atoms with Crippen molar-refractivity contribution in [2.75, 3.05) is 37.6 Å². The molecule has 2 fully saturated rings. The number of hydrogen-bond donors (Lipinski definition) is 1. The Morgan fingerprint density at radius 3 is 2.62 bits per heavy atom. The predicted molar refractivity (Wildman–Crippen MR) is 102 cm³/mol. The van der Waals surface area contributed by atoms with E-state index < -0.39 is 0 Å². The van der Waals surface area contributed by atoms with Gasteiger partial charge in [0.25, 0.3) is 0 Å². The van der Waals surface area contributed by atoms with Crippen molar-refractivity contribution in [3.05, 3.63) is 23.5 Å². The maximum absolute atomic E-state index is 13.7. The van der Waals surface area contributed by atoms with Crippen LogP contribution < -0.4 is 10.6 Å². The van der Waals surface area contributed by atoms with Crippen LogP contribution in [0.15, 0.2) is 16.7 Å². The molecule has 2 heterocycles. The average molecular weight is 360 g/mol. The van der Waals surface area contributed by atoms with Crippen LogP contribution in [0.4, 0.5) is 10.2 Å². The summed E-state index contributed by atoms with van der Waals surface area (Å²) in [6.45, 7) is 6.92. The van der Waals surface area contributed by atoms with Gasteiger partial charge in [0.15, 0.2) is 11.4 Å². The van der Waals surface area contributed by atoms with Gasteiger partial charge in [0, 0.05) is 38.3 Å². The summed E-state index contributed by atoms with van der Waals surface area (Å²) in [4.78, 5) is 4.82. The summed E-state index contributed by atoms with van der Waals surface area (Å²) >= 11 is 0. The second-order valence-corrected chi connectivity index (χ2v) is 8.00. The van der Waals surface area contributed by atoms with E-state index >= 15 is 0 Å². The third-order valence-corrected chi connectivity index (χ3v) is 6.15. The van der Waals surface area contributed by atoms with E-state index in [-0.39, 0.29) is 5.82 Å². The molecule has 5 nitrogen and oxygen atoms in total. The molecule has 26 heavy (non-hydrogen) atoms. The molecule has 2 aromatic rings. The van der Waals surface area contributed by atoms with Gasteiger partial charge in [0.2, 0.25) is 0 Å². The highest BCUT2D eigenvalue weighted by Crippen LogP contribution is 2.30. The summed E-state index contributed by atoms with van der Waals surface area (Å²) in [5.41, 5.74) is 7.17. The first-order chi connectivity index (χ1) is 12.6. The van der Waals surface area contributed by atoms with Crippen molar-refractivity contribution in [3.63, 3.8) is 0 Å². The van der Waals surface area contributed by atoms with Gasteiger partial charge in [-0.1, -0.05) is 5.16 Å². The highest BCUT2D eigenvalue weighted by molar-refractivity contribution is 5.89. The number of benzene rings is 1. The number of fused-ring (bicyclic) bond motifs is 1. The molecular formula is C20H29FN4O. The number of aryl methyl sites for hydroxylation is 1. The first kappa shape index (κ1) is 17.7. The van der Waals surface area contributed by atoms with Crippen molar-refractivity contribution in [1.82, 2.24) is 10.1 Å². The molecule has 1 saturated carbocycles. The Kier molecular flexibility index (Phi) is 5.14. The first-order valence-corrected chi connectivity index (χ1v) is 9.88. The van der Waals surface area contributed by atoms with Crippen LogP contribution in [0.1, 0.15) is 37.7 Å². The van der Waals surface area contributed by atoms with Crippen molar-refractivity contribution in [2.24, 2.45) is 11.7 Å². The molecule has 6 heteroatoms. The smallest absolute Gasteiger partial charge is 0.180 e. The van der Waals surface area contributed by atoms with Crippen LogP contribution in [-0.4, -0.2) is 48.8 Å². The highest BCUT2D eigenvalue weighted by atomic mass is 19.1. The van der Waals surface area contributed by atoms with Crippen molar-refractivity contribution in [1.29, 1.82) is 0 Å². The van der Waals surface area contributed by atoms with Gasteiger partial charge in [0.1, 0.15) is 5.82 Å². The van der Waals surface area contributed by atoms with Crippen molar-refractivity contribution < 1.29 is 8.91 Å². The van der Waals surface area contributed by atoms with Gasteiger partial charge in [-0.2, -0.15) is 0 Å². The minimum atomic E-state index is -0.242. The topological polar surface area (TPSA) is 58.5 Å². The molecule has 0 radical (unpaired) electrons. The SMILES string of the molecule is Cc1cc2c(N3CCN(CCC4CCC(N)CC4)CC3)noc2cc1F. The lowest BCUT2D eigenvalue weighted by Gasteiger charge is -2.36. The van der Waals surface area contributed by atoms with Crippen molar-refractivity contribution in [3.8, 4) is 0 Å². The summed E-state index contributed by atoms with van der Waals surface area (Å²) in [6.07, 6.45) is 6.26. The molecule has 2 N–H and O–H groups in total. The molecule has 142 valence electrons. The van der Waals surface area contributed by atoms with E-state index in [9.17, 15) is 4.39 Å². The van der Waals surface area contributed by atoms with Crippen molar-refractivity contribution in [2.45, 2.75) is 45.1 Å². The van der Waals surface area contributed by atoms with Crippen LogP contribution in [0.25, 0.3) is 11.0 Å². The van der Waals surface area contributed by atoms with Crippen molar-refractivity contribution >= 4 is 16.8 Å². The Morgan fingerprint density at radius 1 is 1.15 bits per heavy atom. The van der Waals surface area contributed by atoms with Gasteiger partial charge in [-0.3, -0.25) is 4.90 Å². The van der Waals surface area contributed by atoms with Gasteiger partial charge >= 0.3 is 0 Å². The van der Waals surface area contributed by atoms with E-state index in [1.807, 2.05) is 6.07 Å². The molecule has 0 bridgehead atoms. The van der Waals surface area contributed by atoms with E-state index in [2.05, 4.69) is 15.0 Å². The first-order valence-electron chi connectivity index (χ1n) is 9.88. The summed E-state index contributed by atoms with van der Waals surface area (Å²) in [7, 11) is 0. The van der Waals surface area contributed by atoms with Crippen LogP contribution >= 0.6 is 0 Å². The summed E-state index contributed by atoms with van der Waals surface area (Å²) in [6, 6.07) is 3.72. The molecule has 0 unspecified atom stereocenters. The number of piperazine rings is 1. The molecule has 2 aliphatic rings. The van der Waals surface area contributed by atoms with Gasteiger partial charge in [0.05, 0.1) is 5.39 Å². The van der Waals surface area contributed by atoms with Crippen LogP contribution in [0, 0.1) is 18.7 Å². The fourth-order valence-electron chi connectivity index (χ4n) is 4.31. The quantitative estimate of drug-likeness (QED) is 0.906. The van der Waals surface area contributed by atoms with Gasteiger partial charge in [-0.05, 0) is 63.1 Å². The number of nitrogens with zero attached hydrogens (tertiary/aromatic N) is 3. The van der Waals surface area contributed by atoms with Crippen LogP contribution in [0.2, 0.25) is 0 Å². The molecule has 1 aliphatic heterocycles. The molecular weight excluding hydrogens is 331 g/mol. The Bertz CT molecular complexity index is 746. The second kappa shape index (κ2) is 7.53. The zero-order chi connectivity index (χ0) is 18.1. The zero-order valence-electron chi connectivity index (χ0n) is 15.6. The summed E-state index contributed by atoms with van der Waals surface area (Å²) < 4.78 is 19.0. The minimum Gasteiger partial charge on any atom is -0.354 e. The van der Waals surface area contributed by atoms with Gasteiger partial charge in [-0.15, -0.1) is 0 Å². The molecule has 1 aromatic heterocycles. The fourth-order valence-corrected chi connectivity index (χ4v) is 4.31. The Morgan fingerprint density at radius 2 is 1.88 bits per heavy atom. The van der Waals surface area contributed by atoms with E-state index in [4.69, 9.17) is 10.3 Å². The van der Waals surface area contributed by atoms with Crippen LogP contribution in [0.3, 0.4) is 0 Å². The third kappa shape index (κ3) is 3.71. The molecule has 4 rings (SSSR count). The molecule has 1 aromatic carbocycles. The Balaban J connectivity index is 1.32. The minimum absolute atomic E-state index is 0.242. The maximum atomic E-state index is 13.7. The lowest BCUT2D eigenvalue weighted by Crippen LogP contribution is -2.47. The molecule has 0 amide bonds. The standard InChI is InChI=1S/C20H29FN4O/c1-14-12-17-19(13-18(14)21)26-23-20(17)25-10-8-24(9-11-25)7-6-15-2-4-16(22)5-3-15/h12-13,15-16H,2-11,22H2,1H3. The third-order valence-electron chi connectivity index (χ3n) is 6.15. The molecule has 1 saturated heterocycles. The van der Waals surface area contributed by atoms with E-state index in [0.29, 0.717) is 17.2 Å². The monoisotopic (exact) mass is 360 g/mol. The number of anilines is 1. The van der Waals surface area contributed by atoms with Gasteiger partial charge in [-0.25, -0.2) is 4.39 Å². The van der Waals surface area contributed by atoms with Gasteiger partial charge < -0.3 is 15.2 Å². The molecule has 1 aliphatic carbocycles. The Hall–Kier alpha value is -1.66. The van der Waals surface area contributed by atoms with Crippen LogP contribution in [0.5, 0.6) is 0 Å². The fraction of sp³-hybridized carbons (Fsp3) is 0.650. The lowest BCUT2D eigenvalue weighted by molar-refractivity contribution is 0.216. The van der Waals surface area contributed by atoms with E-state index in [1.54, 1.807) is 6.92 Å². The highest BCUT2D eigenvalue weighted by Gasteiger charge is 2.24. The number of halogens is 1. The normalized spacial score (nSPS) is 25.1. The van der Waals surface area contributed by atoms with Crippen LogP contribution in [-0.2, 0) is 0 Å². The number of hydrogen-bond acceptors (Lipinski definition) is 5.